The molecule has 0 unspecified atom stereocenters. The predicted molar refractivity (Wildman–Crippen MR) is 94.1 cm³/mol. The Labute approximate surface area is 142 Å². The van der Waals surface area contributed by atoms with E-state index in [2.05, 4.69) is 21.6 Å². The second-order valence-electron chi connectivity index (χ2n) is 6.01. The fourth-order valence-electron chi connectivity index (χ4n) is 2.91. The van der Waals surface area contributed by atoms with Crippen molar-refractivity contribution < 1.29 is 9.53 Å². The van der Waals surface area contributed by atoms with Crippen molar-refractivity contribution in [1.82, 2.24) is 15.5 Å². The molecule has 1 aliphatic rings. The van der Waals surface area contributed by atoms with Crippen molar-refractivity contribution in [2.24, 2.45) is 0 Å². The molecule has 0 aliphatic heterocycles. The van der Waals surface area contributed by atoms with Gasteiger partial charge in [-0.1, -0.05) is 11.6 Å². The van der Waals surface area contributed by atoms with Crippen molar-refractivity contribution in [2.45, 2.75) is 32.1 Å². The van der Waals surface area contributed by atoms with E-state index in [4.69, 9.17) is 4.74 Å². The van der Waals surface area contributed by atoms with Crippen LogP contribution < -0.4 is 10.1 Å². The molecule has 0 radical (unpaired) electrons. The number of aromatic nitrogens is 2. The van der Waals surface area contributed by atoms with E-state index >= 15 is 0 Å². The zero-order chi connectivity index (χ0) is 16.8. The minimum Gasteiger partial charge on any atom is -0.497 e. The second-order valence-corrected chi connectivity index (χ2v) is 6.01. The Hall–Kier alpha value is -2.56. The first-order chi connectivity index (χ1) is 11.8. The Kier molecular flexibility index (Phi) is 5.31. The Morgan fingerprint density at radius 3 is 2.83 bits per heavy atom. The van der Waals surface area contributed by atoms with Crippen LogP contribution in [0.15, 0.2) is 42.0 Å². The summed E-state index contributed by atoms with van der Waals surface area (Å²) in [5.74, 6) is 0.683. The van der Waals surface area contributed by atoms with E-state index in [0.29, 0.717) is 12.2 Å². The largest absolute Gasteiger partial charge is 0.497 e. The van der Waals surface area contributed by atoms with Crippen LogP contribution in [0.5, 0.6) is 5.75 Å². The third kappa shape index (κ3) is 4.04. The SMILES string of the molecule is COc1ccc(-c2cc(C(=O)NCCC3=CCCCC3)[nH]n2)cc1. The van der Waals surface area contributed by atoms with Crippen LogP contribution in [0.2, 0.25) is 0 Å². The predicted octanol–water partition coefficient (Wildman–Crippen LogP) is 3.71. The highest BCUT2D eigenvalue weighted by Gasteiger charge is 2.11. The van der Waals surface area contributed by atoms with Gasteiger partial charge in [0.15, 0.2) is 0 Å². The molecule has 0 saturated carbocycles. The summed E-state index contributed by atoms with van der Waals surface area (Å²) < 4.78 is 5.15. The number of aromatic amines is 1. The zero-order valence-corrected chi connectivity index (χ0v) is 14.0. The third-order valence-electron chi connectivity index (χ3n) is 4.32. The molecule has 1 amide bonds. The third-order valence-corrected chi connectivity index (χ3v) is 4.32. The molecule has 126 valence electrons. The summed E-state index contributed by atoms with van der Waals surface area (Å²) in [6, 6.07) is 9.37. The molecule has 2 N–H and O–H groups in total. The van der Waals surface area contributed by atoms with Crippen molar-refractivity contribution in [2.75, 3.05) is 13.7 Å². The van der Waals surface area contributed by atoms with Gasteiger partial charge in [-0.3, -0.25) is 9.89 Å². The maximum absolute atomic E-state index is 12.2. The normalized spacial score (nSPS) is 14.1. The summed E-state index contributed by atoms with van der Waals surface area (Å²) in [5, 5.41) is 9.99. The molecular weight excluding hydrogens is 302 g/mol. The molecule has 1 heterocycles. The molecule has 1 aromatic heterocycles. The number of ether oxygens (including phenoxy) is 1. The lowest BCUT2D eigenvalue weighted by molar-refractivity contribution is 0.0949. The van der Waals surface area contributed by atoms with Gasteiger partial charge in [0.1, 0.15) is 11.4 Å². The summed E-state index contributed by atoms with van der Waals surface area (Å²) in [4.78, 5) is 12.2. The van der Waals surface area contributed by atoms with Crippen molar-refractivity contribution in [1.29, 1.82) is 0 Å². The summed E-state index contributed by atoms with van der Waals surface area (Å²) in [5.41, 5.74) is 3.64. The van der Waals surface area contributed by atoms with Gasteiger partial charge in [0.2, 0.25) is 0 Å². The highest BCUT2D eigenvalue weighted by Crippen LogP contribution is 2.21. The summed E-state index contributed by atoms with van der Waals surface area (Å²) >= 11 is 0. The second kappa shape index (κ2) is 7.81. The summed E-state index contributed by atoms with van der Waals surface area (Å²) in [6.07, 6.45) is 8.15. The molecule has 0 spiro atoms. The van der Waals surface area contributed by atoms with Gasteiger partial charge in [0, 0.05) is 12.1 Å². The first kappa shape index (κ1) is 16.3. The van der Waals surface area contributed by atoms with E-state index in [1.165, 1.54) is 31.3 Å². The van der Waals surface area contributed by atoms with Crippen LogP contribution >= 0.6 is 0 Å². The number of nitrogens with one attached hydrogen (secondary N) is 2. The number of rotatable bonds is 6. The highest BCUT2D eigenvalue weighted by molar-refractivity contribution is 5.93. The molecular formula is C19H23N3O2. The molecule has 0 fully saturated rings. The van der Waals surface area contributed by atoms with Gasteiger partial charge in [0.25, 0.3) is 5.91 Å². The lowest BCUT2D eigenvalue weighted by Gasteiger charge is -2.12. The number of hydrogen-bond donors (Lipinski definition) is 2. The van der Waals surface area contributed by atoms with E-state index in [0.717, 1.165) is 23.4 Å². The lowest BCUT2D eigenvalue weighted by atomic mass is 9.97. The Morgan fingerprint density at radius 2 is 2.12 bits per heavy atom. The van der Waals surface area contributed by atoms with Crippen LogP contribution in [-0.2, 0) is 0 Å². The van der Waals surface area contributed by atoms with Crippen molar-refractivity contribution >= 4 is 5.91 Å². The van der Waals surface area contributed by atoms with Crippen LogP contribution in [-0.4, -0.2) is 29.8 Å². The van der Waals surface area contributed by atoms with E-state index < -0.39 is 0 Å². The van der Waals surface area contributed by atoms with Crippen LogP contribution in [0, 0.1) is 0 Å². The fourth-order valence-corrected chi connectivity index (χ4v) is 2.91. The number of H-pyrrole nitrogens is 1. The number of amides is 1. The summed E-state index contributed by atoms with van der Waals surface area (Å²) in [6.45, 7) is 0.668. The maximum Gasteiger partial charge on any atom is 0.269 e. The van der Waals surface area contributed by atoms with Crippen LogP contribution in [0.1, 0.15) is 42.6 Å². The van der Waals surface area contributed by atoms with E-state index in [1.807, 2.05) is 24.3 Å². The topological polar surface area (TPSA) is 67.0 Å². The first-order valence-electron chi connectivity index (χ1n) is 8.42. The smallest absolute Gasteiger partial charge is 0.269 e. The zero-order valence-electron chi connectivity index (χ0n) is 14.0. The molecule has 2 aromatic rings. The Balaban J connectivity index is 1.55. The molecule has 3 rings (SSSR count). The molecule has 5 heteroatoms. The number of allylic oxidation sites excluding steroid dienone is 1. The standard InChI is InChI=1S/C19H23N3O2/c1-24-16-9-7-15(8-10-16)17-13-18(22-21-17)19(23)20-12-11-14-5-3-2-4-6-14/h5,7-10,13H,2-4,6,11-12H2,1H3,(H,20,23)(H,21,22). The molecule has 1 aromatic carbocycles. The fraction of sp³-hybridized carbons (Fsp3) is 0.368. The molecule has 0 saturated heterocycles. The Morgan fingerprint density at radius 1 is 1.29 bits per heavy atom. The number of hydrogen-bond acceptors (Lipinski definition) is 3. The van der Waals surface area contributed by atoms with Gasteiger partial charge in [-0.05, 0) is 62.4 Å². The molecule has 1 aliphatic carbocycles. The van der Waals surface area contributed by atoms with Crippen LogP contribution in [0.4, 0.5) is 0 Å². The molecule has 5 nitrogen and oxygen atoms in total. The van der Waals surface area contributed by atoms with Gasteiger partial charge < -0.3 is 10.1 Å². The number of methoxy groups -OCH3 is 1. The van der Waals surface area contributed by atoms with Gasteiger partial charge in [0.05, 0.1) is 12.8 Å². The molecule has 0 atom stereocenters. The first-order valence-corrected chi connectivity index (χ1v) is 8.42. The monoisotopic (exact) mass is 325 g/mol. The van der Waals surface area contributed by atoms with E-state index in [-0.39, 0.29) is 5.91 Å². The van der Waals surface area contributed by atoms with E-state index in [9.17, 15) is 4.79 Å². The lowest BCUT2D eigenvalue weighted by Crippen LogP contribution is -2.25. The maximum atomic E-state index is 12.2. The minimum atomic E-state index is -0.112. The number of carbonyl (C=O) groups excluding carboxylic acids is 1. The van der Waals surface area contributed by atoms with Crippen molar-refractivity contribution in [3.05, 3.63) is 47.7 Å². The number of nitrogens with zero attached hydrogens (tertiary/aromatic N) is 1. The Bertz CT molecular complexity index is 716. The highest BCUT2D eigenvalue weighted by atomic mass is 16.5. The summed E-state index contributed by atoms with van der Waals surface area (Å²) in [7, 11) is 1.63. The number of carbonyl (C=O) groups is 1. The van der Waals surface area contributed by atoms with Gasteiger partial charge in [-0.2, -0.15) is 5.10 Å². The minimum absolute atomic E-state index is 0.112. The molecule has 0 bridgehead atoms. The average molecular weight is 325 g/mol. The quantitative estimate of drug-likeness (QED) is 0.796. The van der Waals surface area contributed by atoms with Gasteiger partial charge in [-0.15, -0.1) is 0 Å². The van der Waals surface area contributed by atoms with Crippen molar-refractivity contribution in [3.63, 3.8) is 0 Å². The van der Waals surface area contributed by atoms with Crippen LogP contribution in [0.3, 0.4) is 0 Å². The van der Waals surface area contributed by atoms with Gasteiger partial charge in [-0.25, -0.2) is 0 Å². The average Bonchev–Trinajstić information content (AvgIpc) is 3.13. The van der Waals surface area contributed by atoms with E-state index in [1.54, 1.807) is 13.2 Å². The van der Waals surface area contributed by atoms with Gasteiger partial charge >= 0.3 is 0 Å². The van der Waals surface area contributed by atoms with Crippen LogP contribution in [0.25, 0.3) is 11.3 Å². The number of benzene rings is 1. The van der Waals surface area contributed by atoms with Crippen molar-refractivity contribution in [3.8, 4) is 17.0 Å². The molecule has 24 heavy (non-hydrogen) atoms.